The number of halogens is 1. The van der Waals surface area contributed by atoms with Crippen molar-refractivity contribution >= 4 is 11.8 Å². The molecule has 0 aliphatic rings. The van der Waals surface area contributed by atoms with Gasteiger partial charge >= 0.3 is 0 Å². The van der Waals surface area contributed by atoms with E-state index in [-0.39, 0.29) is 30.8 Å². The molecule has 1 N–H and O–H groups in total. The van der Waals surface area contributed by atoms with Gasteiger partial charge < -0.3 is 15.0 Å². The Morgan fingerprint density at radius 2 is 1.71 bits per heavy atom. The first-order valence-electron chi connectivity index (χ1n) is 9.28. The molecule has 2 aromatic rings. The molecule has 0 heterocycles. The van der Waals surface area contributed by atoms with Crippen LogP contribution in [0.4, 0.5) is 4.39 Å². The van der Waals surface area contributed by atoms with Gasteiger partial charge in [0.25, 0.3) is 0 Å². The molecule has 0 fully saturated rings. The van der Waals surface area contributed by atoms with Gasteiger partial charge in [0.2, 0.25) is 11.8 Å². The number of methoxy groups -OCH3 is 1. The van der Waals surface area contributed by atoms with Crippen molar-refractivity contribution in [3.8, 4) is 5.75 Å². The number of hydrogen-bond donors (Lipinski definition) is 1. The molecule has 150 valence electrons. The number of ether oxygens (including phenoxy) is 1. The molecular weight excluding hydrogens is 359 g/mol. The predicted molar refractivity (Wildman–Crippen MR) is 106 cm³/mol. The summed E-state index contributed by atoms with van der Waals surface area (Å²) in [7, 11) is 1.58. The van der Waals surface area contributed by atoms with Crippen LogP contribution in [-0.2, 0) is 22.6 Å². The van der Waals surface area contributed by atoms with Crippen molar-refractivity contribution in [2.45, 2.75) is 45.8 Å². The Labute approximate surface area is 165 Å². The molecule has 28 heavy (non-hydrogen) atoms. The molecule has 0 spiro atoms. The maximum Gasteiger partial charge on any atom is 0.242 e. The zero-order valence-corrected chi connectivity index (χ0v) is 16.7. The first kappa shape index (κ1) is 21.4. The van der Waals surface area contributed by atoms with Crippen molar-refractivity contribution < 1.29 is 18.7 Å². The second kappa shape index (κ2) is 9.88. The average molecular weight is 386 g/mol. The van der Waals surface area contributed by atoms with Crippen LogP contribution < -0.4 is 10.1 Å². The summed E-state index contributed by atoms with van der Waals surface area (Å²) >= 11 is 0. The zero-order valence-electron chi connectivity index (χ0n) is 16.7. The van der Waals surface area contributed by atoms with Crippen molar-refractivity contribution in [2.24, 2.45) is 0 Å². The van der Waals surface area contributed by atoms with Gasteiger partial charge in [0.05, 0.1) is 13.5 Å². The van der Waals surface area contributed by atoms with E-state index < -0.39 is 11.9 Å². The highest BCUT2D eigenvalue weighted by Crippen LogP contribution is 2.17. The molecule has 2 amide bonds. The molecule has 0 aliphatic heterocycles. The number of rotatable bonds is 8. The molecule has 0 radical (unpaired) electrons. The van der Waals surface area contributed by atoms with Gasteiger partial charge in [0.15, 0.2) is 0 Å². The highest BCUT2D eigenvalue weighted by atomic mass is 19.1. The first-order valence-corrected chi connectivity index (χ1v) is 9.28. The lowest BCUT2D eigenvalue weighted by Crippen LogP contribution is -2.49. The van der Waals surface area contributed by atoms with Gasteiger partial charge in [0, 0.05) is 12.6 Å². The fourth-order valence-corrected chi connectivity index (χ4v) is 2.82. The second-order valence-corrected chi connectivity index (χ2v) is 6.98. The molecule has 0 aromatic heterocycles. The fourth-order valence-electron chi connectivity index (χ4n) is 2.82. The summed E-state index contributed by atoms with van der Waals surface area (Å²) in [6.07, 6.45) is -0.109. The summed E-state index contributed by atoms with van der Waals surface area (Å²) in [4.78, 5) is 27.0. The van der Waals surface area contributed by atoms with Crippen LogP contribution in [0, 0.1) is 5.82 Å². The molecule has 0 aliphatic carbocycles. The van der Waals surface area contributed by atoms with Crippen LogP contribution in [0.3, 0.4) is 0 Å². The Kier molecular flexibility index (Phi) is 7.55. The summed E-state index contributed by atoms with van der Waals surface area (Å²) in [5, 5.41) is 2.83. The van der Waals surface area contributed by atoms with Crippen molar-refractivity contribution in [3.05, 3.63) is 65.5 Å². The molecular formula is C22H27FN2O3. The largest absolute Gasteiger partial charge is 0.497 e. The maximum atomic E-state index is 14.0. The van der Waals surface area contributed by atoms with E-state index >= 15 is 0 Å². The van der Waals surface area contributed by atoms with E-state index in [4.69, 9.17) is 4.74 Å². The summed E-state index contributed by atoms with van der Waals surface area (Å²) in [5.41, 5.74) is 1.16. The van der Waals surface area contributed by atoms with E-state index in [1.54, 1.807) is 44.4 Å². The van der Waals surface area contributed by atoms with E-state index in [1.807, 2.05) is 26.0 Å². The van der Waals surface area contributed by atoms with Crippen LogP contribution in [0.2, 0.25) is 0 Å². The Balaban J connectivity index is 2.24. The Hall–Kier alpha value is -2.89. The van der Waals surface area contributed by atoms with Gasteiger partial charge in [-0.25, -0.2) is 4.39 Å². The van der Waals surface area contributed by atoms with Crippen molar-refractivity contribution in [2.75, 3.05) is 7.11 Å². The highest BCUT2D eigenvalue weighted by molar-refractivity contribution is 5.88. The SMILES string of the molecule is COc1ccc(CN(C(=O)Cc2ccccc2F)[C@H](C)C(=O)NC(C)C)cc1. The first-order chi connectivity index (χ1) is 13.3. The standard InChI is InChI=1S/C22H27FN2O3/c1-15(2)24-22(27)16(3)25(14-17-9-11-19(28-4)12-10-17)21(26)13-18-7-5-6-8-20(18)23/h5-12,15-16H,13-14H2,1-4H3,(H,24,27)/t16-/m1/s1. The molecule has 2 rings (SSSR count). The van der Waals surface area contributed by atoms with Gasteiger partial charge in [-0.05, 0) is 50.1 Å². The van der Waals surface area contributed by atoms with Gasteiger partial charge in [-0.15, -0.1) is 0 Å². The summed E-state index contributed by atoms with van der Waals surface area (Å²) in [5.74, 6) is -0.282. The molecule has 2 aromatic carbocycles. The van der Waals surface area contributed by atoms with Gasteiger partial charge in [0.1, 0.15) is 17.6 Å². The van der Waals surface area contributed by atoms with Crippen LogP contribution >= 0.6 is 0 Å². The monoisotopic (exact) mass is 386 g/mol. The van der Waals surface area contributed by atoms with E-state index in [2.05, 4.69) is 5.32 Å². The number of nitrogens with one attached hydrogen (secondary N) is 1. The second-order valence-electron chi connectivity index (χ2n) is 6.98. The Morgan fingerprint density at radius 3 is 2.29 bits per heavy atom. The summed E-state index contributed by atoms with van der Waals surface area (Å²) in [6.45, 7) is 5.64. The summed E-state index contributed by atoms with van der Waals surface area (Å²) < 4.78 is 19.1. The minimum Gasteiger partial charge on any atom is -0.497 e. The van der Waals surface area contributed by atoms with Crippen LogP contribution in [0.25, 0.3) is 0 Å². The number of amides is 2. The number of hydrogen-bond acceptors (Lipinski definition) is 3. The molecule has 0 saturated heterocycles. The quantitative estimate of drug-likeness (QED) is 0.757. The van der Waals surface area contributed by atoms with Crippen LogP contribution in [0.5, 0.6) is 5.75 Å². The molecule has 0 saturated carbocycles. The highest BCUT2D eigenvalue weighted by Gasteiger charge is 2.27. The van der Waals surface area contributed by atoms with E-state index in [0.29, 0.717) is 11.3 Å². The van der Waals surface area contributed by atoms with Gasteiger partial charge in [-0.2, -0.15) is 0 Å². The lowest BCUT2D eigenvalue weighted by atomic mass is 10.1. The number of carbonyl (C=O) groups excluding carboxylic acids is 2. The van der Waals surface area contributed by atoms with Gasteiger partial charge in [-0.3, -0.25) is 9.59 Å². The fraction of sp³-hybridized carbons (Fsp3) is 0.364. The van der Waals surface area contributed by atoms with Crippen molar-refractivity contribution in [1.82, 2.24) is 10.2 Å². The predicted octanol–water partition coefficient (Wildman–Crippen LogP) is 3.32. The summed E-state index contributed by atoms with van der Waals surface area (Å²) in [6, 6.07) is 12.7. The third-order valence-electron chi connectivity index (χ3n) is 4.41. The van der Waals surface area contributed by atoms with Gasteiger partial charge in [-0.1, -0.05) is 30.3 Å². The normalized spacial score (nSPS) is 11.8. The van der Waals surface area contributed by atoms with E-state index in [0.717, 1.165) is 5.56 Å². The molecule has 0 bridgehead atoms. The third kappa shape index (κ3) is 5.81. The lowest BCUT2D eigenvalue weighted by molar-refractivity contribution is -0.140. The molecule has 0 unspecified atom stereocenters. The van der Waals surface area contributed by atoms with E-state index in [1.165, 1.54) is 11.0 Å². The van der Waals surface area contributed by atoms with E-state index in [9.17, 15) is 14.0 Å². The minimum atomic E-state index is -0.691. The van der Waals surface area contributed by atoms with Crippen LogP contribution in [-0.4, -0.2) is 35.9 Å². The topological polar surface area (TPSA) is 58.6 Å². The molecule has 6 heteroatoms. The number of benzene rings is 2. The Morgan fingerprint density at radius 1 is 1.07 bits per heavy atom. The van der Waals surface area contributed by atoms with Crippen molar-refractivity contribution in [1.29, 1.82) is 0 Å². The number of nitrogens with zero attached hydrogens (tertiary/aromatic N) is 1. The Bertz CT molecular complexity index is 806. The zero-order chi connectivity index (χ0) is 20.7. The third-order valence-corrected chi connectivity index (χ3v) is 4.41. The number of carbonyl (C=O) groups is 2. The maximum absolute atomic E-state index is 14.0. The molecule has 5 nitrogen and oxygen atoms in total. The van der Waals surface area contributed by atoms with Crippen LogP contribution in [0.1, 0.15) is 31.9 Å². The smallest absolute Gasteiger partial charge is 0.242 e. The van der Waals surface area contributed by atoms with Crippen molar-refractivity contribution in [3.63, 3.8) is 0 Å². The molecule has 1 atom stereocenters. The lowest BCUT2D eigenvalue weighted by Gasteiger charge is -2.29. The minimum absolute atomic E-state index is 0.0422. The average Bonchev–Trinajstić information content (AvgIpc) is 2.67. The van der Waals surface area contributed by atoms with Crippen LogP contribution in [0.15, 0.2) is 48.5 Å².